The van der Waals surface area contributed by atoms with Gasteiger partial charge >= 0.3 is 11.2 Å². The van der Waals surface area contributed by atoms with Crippen molar-refractivity contribution in [1.82, 2.24) is 15.2 Å². The van der Waals surface area contributed by atoms with E-state index in [2.05, 4.69) is 20.5 Å². The van der Waals surface area contributed by atoms with Crippen LogP contribution in [0, 0.1) is 0 Å². The van der Waals surface area contributed by atoms with E-state index >= 15 is 0 Å². The lowest BCUT2D eigenvalue weighted by Gasteiger charge is -2.13. The molecule has 23 heavy (non-hydrogen) atoms. The molecule has 0 aliphatic heterocycles. The van der Waals surface area contributed by atoms with Crippen molar-refractivity contribution in [2.75, 3.05) is 5.32 Å². The summed E-state index contributed by atoms with van der Waals surface area (Å²) in [6.07, 6.45) is 2.82. The van der Waals surface area contributed by atoms with Gasteiger partial charge in [-0.2, -0.15) is 8.78 Å². The van der Waals surface area contributed by atoms with Gasteiger partial charge in [0.2, 0.25) is 0 Å². The molecule has 6 nitrogen and oxygen atoms in total. The first kappa shape index (κ1) is 15.2. The molecule has 0 spiro atoms. The van der Waals surface area contributed by atoms with Gasteiger partial charge in [-0.3, -0.25) is 4.79 Å². The quantitative estimate of drug-likeness (QED) is 0.698. The third-order valence-electron chi connectivity index (χ3n) is 2.78. The number of nitrogens with one attached hydrogen (secondary N) is 2. The summed E-state index contributed by atoms with van der Waals surface area (Å²) in [5.74, 6) is -1.16. The molecular weight excluding hydrogens is 326 g/mol. The summed E-state index contributed by atoms with van der Waals surface area (Å²) in [7, 11) is 0. The maximum atomic E-state index is 14.0. The number of aromatic amines is 1. The Labute approximate surface area is 133 Å². The molecule has 0 fully saturated rings. The summed E-state index contributed by atoms with van der Waals surface area (Å²) in [6, 6.07) is 9.63. The number of H-pyrrole nitrogens is 1. The summed E-state index contributed by atoms with van der Waals surface area (Å²) < 4.78 is 32.8. The first-order valence-electron chi connectivity index (χ1n) is 6.43. The number of hydrogen-bond donors (Lipinski definition) is 2. The van der Waals surface area contributed by atoms with Gasteiger partial charge in [0.05, 0.1) is 11.8 Å². The SMILES string of the molecule is O=C(Nc1ccccc1)C(F)(F)Sc1nnc(-c2ccoc2)[nH]1. The van der Waals surface area contributed by atoms with Crippen molar-refractivity contribution in [2.24, 2.45) is 0 Å². The number of thioether (sulfide) groups is 1. The topological polar surface area (TPSA) is 83.8 Å². The Hall–Kier alpha value is -2.68. The molecule has 0 radical (unpaired) electrons. The Morgan fingerprint density at radius 2 is 2.00 bits per heavy atom. The maximum Gasteiger partial charge on any atom is 0.378 e. The van der Waals surface area contributed by atoms with Crippen molar-refractivity contribution in [3.63, 3.8) is 0 Å². The number of aromatic nitrogens is 3. The van der Waals surface area contributed by atoms with Crippen LogP contribution in [0.25, 0.3) is 11.4 Å². The molecule has 118 valence electrons. The Morgan fingerprint density at radius 1 is 1.22 bits per heavy atom. The van der Waals surface area contributed by atoms with Crippen molar-refractivity contribution in [3.8, 4) is 11.4 Å². The fourth-order valence-corrected chi connectivity index (χ4v) is 2.33. The van der Waals surface area contributed by atoms with Crippen LogP contribution in [0.4, 0.5) is 14.5 Å². The molecule has 1 amide bonds. The molecule has 0 saturated carbocycles. The molecule has 0 unspecified atom stereocenters. The number of amides is 1. The number of nitrogens with zero attached hydrogens (tertiary/aromatic N) is 2. The first-order valence-corrected chi connectivity index (χ1v) is 7.25. The molecule has 2 heterocycles. The lowest BCUT2D eigenvalue weighted by molar-refractivity contribution is -0.129. The number of carbonyl (C=O) groups is 1. The molecule has 0 atom stereocenters. The Bertz CT molecular complexity index is 790. The van der Waals surface area contributed by atoms with Gasteiger partial charge in [-0.1, -0.05) is 18.2 Å². The average molecular weight is 336 g/mol. The van der Waals surface area contributed by atoms with Crippen LogP contribution in [0.1, 0.15) is 0 Å². The summed E-state index contributed by atoms with van der Waals surface area (Å²) in [5, 5.41) is 5.61. The average Bonchev–Trinajstić information content (AvgIpc) is 3.18. The third kappa shape index (κ3) is 3.57. The summed E-state index contributed by atoms with van der Waals surface area (Å²) in [4.78, 5) is 14.3. The second kappa shape index (κ2) is 6.21. The zero-order valence-electron chi connectivity index (χ0n) is 11.5. The van der Waals surface area contributed by atoms with Gasteiger partial charge in [0, 0.05) is 5.69 Å². The Morgan fingerprint density at radius 3 is 2.70 bits per heavy atom. The number of para-hydroxylation sites is 1. The van der Waals surface area contributed by atoms with Gasteiger partial charge in [-0.25, -0.2) is 0 Å². The number of anilines is 1. The lowest BCUT2D eigenvalue weighted by atomic mass is 10.3. The Balaban J connectivity index is 1.69. The molecule has 2 N–H and O–H groups in total. The zero-order valence-corrected chi connectivity index (χ0v) is 12.3. The van der Waals surface area contributed by atoms with Crippen LogP contribution < -0.4 is 5.32 Å². The fraction of sp³-hybridized carbons (Fsp3) is 0.0714. The van der Waals surface area contributed by atoms with Gasteiger partial charge in [0.25, 0.3) is 0 Å². The number of alkyl halides is 2. The molecule has 0 bridgehead atoms. The van der Waals surface area contributed by atoms with E-state index in [1.54, 1.807) is 24.3 Å². The largest absolute Gasteiger partial charge is 0.472 e. The Kier molecular flexibility index (Phi) is 4.11. The minimum atomic E-state index is -3.71. The molecule has 3 aromatic rings. The van der Waals surface area contributed by atoms with Crippen molar-refractivity contribution in [2.45, 2.75) is 10.4 Å². The van der Waals surface area contributed by atoms with Crippen molar-refractivity contribution < 1.29 is 18.0 Å². The second-order valence-corrected chi connectivity index (χ2v) is 5.53. The van der Waals surface area contributed by atoms with E-state index < -0.39 is 11.2 Å². The normalized spacial score (nSPS) is 11.4. The van der Waals surface area contributed by atoms with Gasteiger partial charge < -0.3 is 14.7 Å². The second-order valence-electron chi connectivity index (χ2n) is 4.43. The zero-order chi connectivity index (χ0) is 16.3. The van der Waals surface area contributed by atoms with E-state index in [0.29, 0.717) is 5.56 Å². The highest BCUT2D eigenvalue weighted by Crippen LogP contribution is 2.35. The number of benzene rings is 1. The highest BCUT2D eigenvalue weighted by atomic mass is 32.2. The third-order valence-corrected chi connectivity index (χ3v) is 3.60. The predicted octanol–water partition coefficient (Wildman–Crippen LogP) is 3.39. The van der Waals surface area contributed by atoms with Crippen LogP contribution in [0.3, 0.4) is 0 Å². The fourth-order valence-electron chi connectivity index (χ4n) is 1.71. The molecule has 1 aromatic carbocycles. The van der Waals surface area contributed by atoms with E-state index in [1.807, 2.05) is 0 Å². The van der Waals surface area contributed by atoms with Crippen LogP contribution in [0.2, 0.25) is 0 Å². The lowest BCUT2D eigenvalue weighted by Crippen LogP contribution is -2.31. The van der Waals surface area contributed by atoms with E-state index in [9.17, 15) is 13.6 Å². The smallest absolute Gasteiger partial charge is 0.378 e. The summed E-state index contributed by atoms with van der Waals surface area (Å²) in [6.45, 7) is 0. The van der Waals surface area contributed by atoms with E-state index in [4.69, 9.17) is 4.42 Å². The minimum absolute atomic E-state index is 0.0138. The molecular formula is C14H10F2N4O2S. The summed E-state index contributed by atoms with van der Waals surface area (Å²) in [5.41, 5.74) is 0.857. The van der Waals surface area contributed by atoms with Gasteiger partial charge in [-0.05, 0) is 30.0 Å². The van der Waals surface area contributed by atoms with Crippen LogP contribution in [-0.2, 0) is 4.79 Å². The maximum absolute atomic E-state index is 14.0. The number of halogens is 2. The van der Waals surface area contributed by atoms with Gasteiger partial charge in [0.15, 0.2) is 11.0 Å². The van der Waals surface area contributed by atoms with Gasteiger partial charge in [0.1, 0.15) is 6.26 Å². The van der Waals surface area contributed by atoms with Crippen LogP contribution in [-0.4, -0.2) is 26.3 Å². The molecule has 2 aromatic heterocycles. The number of rotatable bonds is 5. The molecule has 0 aliphatic carbocycles. The van der Waals surface area contributed by atoms with Crippen LogP contribution in [0.15, 0.2) is 58.5 Å². The molecule has 9 heteroatoms. The number of hydrogen-bond acceptors (Lipinski definition) is 5. The first-order chi connectivity index (χ1) is 11.0. The van der Waals surface area contributed by atoms with E-state index in [0.717, 1.165) is 0 Å². The highest BCUT2D eigenvalue weighted by Gasteiger charge is 2.41. The van der Waals surface area contributed by atoms with Gasteiger partial charge in [-0.15, -0.1) is 10.2 Å². The van der Waals surface area contributed by atoms with Crippen LogP contribution in [0.5, 0.6) is 0 Å². The van der Waals surface area contributed by atoms with E-state index in [1.165, 1.54) is 24.7 Å². The molecule has 0 aliphatic rings. The van der Waals surface area contributed by atoms with Crippen LogP contribution >= 0.6 is 11.8 Å². The summed E-state index contributed by atoms with van der Waals surface area (Å²) >= 11 is -0.0138. The molecule has 0 saturated heterocycles. The standard InChI is InChI=1S/C14H10F2N4O2S/c15-14(16,12(21)17-10-4-2-1-3-5-10)23-13-18-11(19-20-13)9-6-7-22-8-9/h1-8H,(H,17,21)(H,18,19,20). The van der Waals surface area contributed by atoms with Crippen molar-refractivity contribution in [1.29, 1.82) is 0 Å². The van der Waals surface area contributed by atoms with E-state index in [-0.39, 0.29) is 28.4 Å². The van der Waals surface area contributed by atoms with Crippen molar-refractivity contribution in [3.05, 3.63) is 48.9 Å². The minimum Gasteiger partial charge on any atom is -0.472 e. The monoisotopic (exact) mass is 336 g/mol. The predicted molar refractivity (Wildman–Crippen MR) is 80.0 cm³/mol. The molecule has 3 rings (SSSR count). The highest BCUT2D eigenvalue weighted by molar-refractivity contribution is 8.00. The van der Waals surface area contributed by atoms with Crippen molar-refractivity contribution >= 4 is 23.4 Å². The number of carbonyl (C=O) groups excluding carboxylic acids is 1. The number of furan rings is 1.